The predicted molar refractivity (Wildman–Crippen MR) is 132 cm³/mol. The SMILES string of the molecule is CN(C)[C@]1(CCc2ccccc2)CCCN(c2ccc(S(=O)(=O)Nc3ccncn3)c(F)c2)C1. The second-order valence-corrected chi connectivity index (χ2v) is 10.6. The molecule has 0 unspecified atom stereocenters. The van der Waals surface area contributed by atoms with Gasteiger partial charge in [-0.3, -0.25) is 4.72 Å². The maximum Gasteiger partial charge on any atom is 0.265 e. The number of sulfonamides is 1. The Labute approximate surface area is 200 Å². The summed E-state index contributed by atoms with van der Waals surface area (Å²) in [6.45, 7) is 1.54. The van der Waals surface area contributed by atoms with Crippen molar-refractivity contribution in [2.75, 3.05) is 36.8 Å². The summed E-state index contributed by atoms with van der Waals surface area (Å²) in [5.74, 6) is -0.701. The van der Waals surface area contributed by atoms with Gasteiger partial charge in [-0.25, -0.2) is 22.8 Å². The molecule has 1 N–H and O–H groups in total. The first-order valence-electron chi connectivity index (χ1n) is 11.3. The van der Waals surface area contributed by atoms with Crippen LogP contribution in [0.15, 0.2) is 72.0 Å². The van der Waals surface area contributed by atoms with E-state index in [1.165, 1.54) is 36.3 Å². The third-order valence-electron chi connectivity index (χ3n) is 6.62. The van der Waals surface area contributed by atoms with E-state index < -0.39 is 20.7 Å². The Hall–Kier alpha value is -3.04. The van der Waals surface area contributed by atoms with Crippen LogP contribution in [0.4, 0.5) is 15.9 Å². The van der Waals surface area contributed by atoms with Gasteiger partial charge in [-0.2, -0.15) is 0 Å². The average Bonchev–Trinajstić information content (AvgIpc) is 2.83. The number of likely N-dealkylation sites (N-methyl/N-ethyl adjacent to an activating group) is 1. The molecule has 4 rings (SSSR count). The highest BCUT2D eigenvalue weighted by Gasteiger charge is 2.37. The molecule has 180 valence electrons. The van der Waals surface area contributed by atoms with E-state index in [9.17, 15) is 8.42 Å². The minimum Gasteiger partial charge on any atom is -0.370 e. The molecule has 1 aliphatic rings. The minimum absolute atomic E-state index is 0.0517. The largest absolute Gasteiger partial charge is 0.370 e. The fourth-order valence-corrected chi connectivity index (χ4v) is 5.66. The zero-order chi connectivity index (χ0) is 24.2. The van der Waals surface area contributed by atoms with Crippen LogP contribution in [0.2, 0.25) is 0 Å². The number of aromatic nitrogens is 2. The number of piperidine rings is 1. The zero-order valence-corrected chi connectivity index (χ0v) is 20.3. The van der Waals surface area contributed by atoms with E-state index in [1.54, 1.807) is 6.07 Å². The van der Waals surface area contributed by atoms with E-state index >= 15 is 4.39 Å². The quantitative estimate of drug-likeness (QED) is 0.523. The summed E-state index contributed by atoms with van der Waals surface area (Å²) in [4.78, 5) is 11.6. The van der Waals surface area contributed by atoms with Gasteiger partial charge in [-0.1, -0.05) is 30.3 Å². The van der Waals surface area contributed by atoms with Gasteiger partial charge in [-0.05, 0) is 69.6 Å². The van der Waals surface area contributed by atoms with Crippen LogP contribution in [-0.4, -0.2) is 56.0 Å². The lowest BCUT2D eigenvalue weighted by atomic mass is 9.82. The standard InChI is InChI=1S/C25H30FN5O2S/c1-30(2)25(14-11-20-7-4-3-5-8-20)13-6-16-31(18-25)21-9-10-23(22(26)17-21)34(32,33)29-24-12-15-27-19-28-24/h3-5,7-10,12,15,17,19H,6,11,13-14,16,18H2,1-2H3,(H,27,28,29)/t25-/m0/s1. The van der Waals surface area contributed by atoms with Gasteiger partial charge < -0.3 is 9.80 Å². The van der Waals surface area contributed by atoms with Crippen molar-refractivity contribution in [3.63, 3.8) is 0 Å². The number of halogens is 1. The highest BCUT2D eigenvalue weighted by atomic mass is 32.2. The van der Waals surface area contributed by atoms with Crippen LogP contribution in [-0.2, 0) is 16.4 Å². The lowest BCUT2D eigenvalue weighted by Gasteiger charge is -2.48. The van der Waals surface area contributed by atoms with Gasteiger partial charge in [0, 0.05) is 30.5 Å². The van der Waals surface area contributed by atoms with E-state index in [0.717, 1.165) is 38.8 Å². The van der Waals surface area contributed by atoms with E-state index in [1.807, 2.05) is 6.07 Å². The Morgan fingerprint density at radius 3 is 2.62 bits per heavy atom. The molecule has 1 aliphatic heterocycles. The van der Waals surface area contributed by atoms with Crippen LogP contribution in [0.5, 0.6) is 0 Å². The molecular formula is C25H30FN5O2S. The lowest BCUT2D eigenvalue weighted by molar-refractivity contribution is 0.116. The molecule has 34 heavy (non-hydrogen) atoms. The second-order valence-electron chi connectivity index (χ2n) is 8.94. The van der Waals surface area contributed by atoms with Crippen molar-refractivity contribution in [3.8, 4) is 0 Å². The van der Waals surface area contributed by atoms with Crippen molar-refractivity contribution in [1.82, 2.24) is 14.9 Å². The van der Waals surface area contributed by atoms with Gasteiger partial charge in [0.25, 0.3) is 10.0 Å². The van der Waals surface area contributed by atoms with Crippen molar-refractivity contribution in [3.05, 3.63) is 78.5 Å². The molecule has 0 saturated carbocycles. The van der Waals surface area contributed by atoms with Crippen LogP contribution >= 0.6 is 0 Å². The molecule has 9 heteroatoms. The first-order chi connectivity index (χ1) is 16.3. The summed E-state index contributed by atoms with van der Waals surface area (Å²) in [7, 11) is 0.0925. The zero-order valence-electron chi connectivity index (χ0n) is 19.5. The van der Waals surface area contributed by atoms with Crippen molar-refractivity contribution in [1.29, 1.82) is 0 Å². The van der Waals surface area contributed by atoms with Crippen LogP contribution in [0.3, 0.4) is 0 Å². The van der Waals surface area contributed by atoms with Gasteiger partial charge in [-0.15, -0.1) is 0 Å². The molecule has 0 bridgehead atoms. The Kier molecular flexibility index (Phi) is 7.13. The monoisotopic (exact) mass is 483 g/mol. The average molecular weight is 484 g/mol. The fraction of sp³-hybridized carbons (Fsp3) is 0.360. The summed E-state index contributed by atoms with van der Waals surface area (Å²) in [5.41, 5.74) is 1.94. The molecule has 7 nitrogen and oxygen atoms in total. The van der Waals surface area contributed by atoms with Gasteiger partial charge >= 0.3 is 0 Å². The van der Waals surface area contributed by atoms with Crippen LogP contribution in [0, 0.1) is 5.82 Å². The van der Waals surface area contributed by atoms with Gasteiger partial charge in [0.2, 0.25) is 0 Å². The minimum atomic E-state index is -4.11. The topological polar surface area (TPSA) is 78.4 Å². The fourth-order valence-electron chi connectivity index (χ4n) is 4.60. The van der Waals surface area contributed by atoms with Crippen molar-refractivity contribution in [2.45, 2.75) is 36.1 Å². The predicted octanol–water partition coefficient (Wildman–Crippen LogP) is 3.95. The highest BCUT2D eigenvalue weighted by molar-refractivity contribution is 7.92. The third-order valence-corrected chi connectivity index (χ3v) is 8.00. The molecule has 1 atom stereocenters. The van der Waals surface area contributed by atoms with Crippen molar-refractivity contribution >= 4 is 21.5 Å². The molecule has 2 aromatic carbocycles. The van der Waals surface area contributed by atoms with E-state index in [4.69, 9.17) is 0 Å². The van der Waals surface area contributed by atoms with Crippen LogP contribution in [0.25, 0.3) is 0 Å². The Morgan fingerprint density at radius 2 is 1.94 bits per heavy atom. The van der Waals surface area contributed by atoms with Gasteiger partial charge in [0.1, 0.15) is 22.9 Å². The molecule has 2 heterocycles. The molecule has 0 amide bonds. The van der Waals surface area contributed by atoms with Crippen LogP contribution in [0.1, 0.15) is 24.8 Å². The summed E-state index contributed by atoms with van der Waals surface area (Å²) >= 11 is 0. The van der Waals surface area contributed by atoms with Crippen LogP contribution < -0.4 is 9.62 Å². The lowest BCUT2D eigenvalue weighted by Crippen LogP contribution is -2.56. The number of nitrogens with zero attached hydrogens (tertiary/aromatic N) is 4. The second kappa shape index (κ2) is 10.1. The summed E-state index contributed by atoms with van der Waals surface area (Å²) < 4.78 is 42.7. The maximum atomic E-state index is 15.0. The molecule has 1 fully saturated rings. The summed E-state index contributed by atoms with van der Waals surface area (Å²) in [6.07, 6.45) is 6.62. The molecular weight excluding hydrogens is 453 g/mol. The number of anilines is 2. The van der Waals surface area contributed by atoms with Gasteiger partial charge in [0.05, 0.1) is 0 Å². The Bertz CT molecular complexity index is 1210. The number of hydrogen-bond acceptors (Lipinski definition) is 6. The number of aryl methyl sites for hydroxylation is 1. The van der Waals surface area contributed by atoms with Gasteiger partial charge in [0.15, 0.2) is 0 Å². The van der Waals surface area contributed by atoms with Crippen molar-refractivity contribution in [2.24, 2.45) is 0 Å². The smallest absolute Gasteiger partial charge is 0.265 e. The molecule has 0 aliphatic carbocycles. The maximum absolute atomic E-state index is 15.0. The molecule has 0 radical (unpaired) electrons. The van der Waals surface area contributed by atoms with E-state index in [-0.39, 0.29) is 11.4 Å². The Balaban J connectivity index is 1.52. The number of hydrogen-bond donors (Lipinski definition) is 1. The molecule has 1 saturated heterocycles. The van der Waals surface area contributed by atoms with Crippen molar-refractivity contribution < 1.29 is 12.8 Å². The third kappa shape index (κ3) is 5.37. The highest BCUT2D eigenvalue weighted by Crippen LogP contribution is 2.34. The number of nitrogens with one attached hydrogen (secondary N) is 1. The first-order valence-corrected chi connectivity index (χ1v) is 12.8. The Morgan fingerprint density at radius 1 is 1.15 bits per heavy atom. The normalized spacial score (nSPS) is 18.8. The first kappa shape index (κ1) is 24.1. The number of benzene rings is 2. The molecule has 3 aromatic rings. The number of rotatable bonds is 8. The summed E-state index contributed by atoms with van der Waals surface area (Å²) in [6, 6.07) is 16.2. The van der Waals surface area contributed by atoms with E-state index in [0.29, 0.717) is 5.69 Å². The van der Waals surface area contributed by atoms with E-state index in [2.05, 4.69) is 62.9 Å². The summed E-state index contributed by atoms with van der Waals surface area (Å²) in [5, 5.41) is 0. The molecule has 0 spiro atoms. The molecule has 1 aromatic heterocycles.